The van der Waals surface area contributed by atoms with E-state index in [-0.39, 0.29) is 31.4 Å². The maximum absolute atomic E-state index is 12.4. The Kier molecular flexibility index (Phi) is 4.88. The van der Waals surface area contributed by atoms with Crippen LogP contribution in [0.2, 0.25) is 10.0 Å². The summed E-state index contributed by atoms with van der Waals surface area (Å²) in [6.45, 7) is 0.188. The third kappa shape index (κ3) is 3.25. The molecule has 3 rings (SSSR count). The largest absolute Gasteiger partial charge is 0.501 e. The van der Waals surface area contributed by atoms with Gasteiger partial charge in [0.15, 0.2) is 5.69 Å². The second-order valence-electron chi connectivity index (χ2n) is 5.70. The fraction of sp³-hybridized carbons (Fsp3) is 0.250. The second kappa shape index (κ2) is 6.97. The van der Waals surface area contributed by atoms with Gasteiger partial charge in [-0.1, -0.05) is 29.3 Å². The molecule has 0 saturated carbocycles. The number of nitrogens with zero attached hydrogens (tertiary/aromatic N) is 3. The molecule has 0 saturated heterocycles. The molecular formula is C16H14Cl2N4O4. The SMILES string of the molecule is CN1C(=O)CCn2c1nc(C(=O)NCc1ccc(Cl)c(Cl)c1)c(O)c2=O. The standard InChI is InChI=1S/C16H14Cl2N4O4/c1-21-11(23)4-5-22-15(26)13(24)12(20-16(21)22)14(25)19-7-8-2-3-9(17)10(18)6-8/h2-3,6,24H,4-5,7H2,1H3,(H,19,25). The van der Waals surface area contributed by atoms with Gasteiger partial charge in [-0.05, 0) is 17.7 Å². The minimum absolute atomic E-state index is 0.0173. The van der Waals surface area contributed by atoms with E-state index in [1.54, 1.807) is 18.2 Å². The van der Waals surface area contributed by atoms with Crippen LogP contribution in [0.4, 0.5) is 5.95 Å². The summed E-state index contributed by atoms with van der Waals surface area (Å²) < 4.78 is 1.16. The average Bonchev–Trinajstić information content (AvgIpc) is 2.62. The predicted molar refractivity (Wildman–Crippen MR) is 95.8 cm³/mol. The van der Waals surface area contributed by atoms with Crippen LogP contribution in [0.1, 0.15) is 22.5 Å². The molecule has 10 heteroatoms. The molecule has 136 valence electrons. The minimum atomic E-state index is -0.769. The van der Waals surface area contributed by atoms with Gasteiger partial charge < -0.3 is 10.4 Å². The number of amides is 2. The van der Waals surface area contributed by atoms with Crippen molar-refractivity contribution >= 4 is 41.0 Å². The molecule has 0 fully saturated rings. The Balaban J connectivity index is 1.87. The van der Waals surface area contributed by atoms with E-state index in [2.05, 4.69) is 10.3 Å². The number of benzene rings is 1. The zero-order valence-corrected chi connectivity index (χ0v) is 15.1. The van der Waals surface area contributed by atoms with Crippen molar-refractivity contribution in [2.45, 2.75) is 19.5 Å². The van der Waals surface area contributed by atoms with E-state index >= 15 is 0 Å². The van der Waals surface area contributed by atoms with Crippen LogP contribution in [-0.4, -0.2) is 33.5 Å². The number of halogens is 2. The third-order valence-electron chi connectivity index (χ3n) is 4.00. The van der Waals surface area contributed by atoms with Gasteiger partial charge in [-0.3, -0.25) is 23.9 Å². The summed E-state index contributed by atoms with van der Waals surface area (Å²) in [6.07, 6.45) is 0.118. The first kappa shape index (κ1) is 18.2. The highest BCUT2D eigenvalue weighted by Crippen LogP contribution is 2.23. The van der Waals surface area contributed by atoms with Crippen LogP contribution in [-0.2, 0) is 17.9 Å². The molecule has 8 nitrogen and oxygen atoms in total. The molecule has 2 heterocycles. The molecule has 26 heavy (non-hydrogen) atoms. The first-order chi connectivity index (χ1) is 12.3. The van der Waals surface area contributed by atoms with Crippen molar-refractivity contribution in [1.82, 2.24) is 14.9 Å². The molecule has 0 spiro atoms. The number of carbonyl (C=O) groups is 2. The zero-order chi connectivity index (χ0) is 19.0. The molecule has 1 aliphatic heterocycles. The van der Waals surface area contributed by atoms with Crippen molar-refractivity contribution in [2.24, 2.45) is 0 Å². The monoisotopic (exact) mass is 396 g/mol. The van der Waals surface area contributed by atoms with E-state index in [4.69, 9.17) is 23.2 Å². The normalized spacial score (nSPS) is 13.5. The van der Waals surface area contributed by atoms with Gasteiger partial charge in [-0.2, -0.15) is 0 Å². The maximum Gasteiger partial charge on any atom is 0.297 e. The summed E-state index contributed by atoms with van der Waals surface area (Å²) in [6, 6.07) is 4.86. The number of rotatable bonds is 3. The van der Waals surface area contributed by atoms with Crippen molar-refractivity contribution < 1.29 is 14.7 Å². The van der Waals surface area contributed by atoms with Crippen molar-refractivity contribution in [3.05, 3.63) is 49.9 Å². The van der Waals surface area contributed by atoms with Crippen molar-refractivity contribution in [3.8, 4) is 5.75 Å². The maximum atomic E-state index is 12.4. The molecule has 0 atom stereocenters. The summed E-state index contributed by atoms with van der Waals surface area (Å²) in [5.41, 5.74) is -0.536. The molecular weight excluding hydrogens is 383 g/mol. The predicted octanol–water partition coefficient (Wildman–Crippen LogP) is 1.55. The second-order valence-corrected chi connectivity index (χ2v) is 6.51. The molecule has 0 bridgehead atoms. The lowest BCUT2D eigenvalue weighted by molar-refractivity contribution is -0.119. The minimum Gasteiger partial charge on any atom is -0.501 e. The van der Waals surface area contributed by atoms with Crippen LogP contribution in [0, 0.1) is 0 Å². The van der Waals surface area contributed by atoms with Gasteiger partial charge in [0, 0.05) is 26.6 Å². The Labute approximate surface area is 158 Å². The van der Waals surface area contributed by atoms with Crippen molar-refractivity contribution in [2.75, 3.05) is 11.9 Å². The van der Waals surface area contributed by atoms with Crippen LogP contribution in [0.5, 0.6) is 5.75 Å². The van der Waals surface area contributed by atoms with E-state index in [0.717, 1.165) is 4.57 Å². The molecule has 1 aliphatic rings. The van der Waals surface area contributed by atoms with Gasteiger partial charge in [0.25, 0.3) is 11.5 Å². The van der Waals surface area contributed by atoms with E-state index < -0.39 is 22.9 Å². The fourth-order valence-corrected chi connectivity index (χ4v) is 2.87. The lowest BCUT2D eigenvalue weighted by Gasteiger charge is -2.26. The highest BCUT2D eigenvalue weighted by atomic mass is 35.5. The zero-order valence-electron chi connectivity index (χ0n) is 13.6. The number of carbonyl (C=O) groups excluding carboxylic acids is 2. The Bertz CT molecular complexity index is 973. The topological polar surface area (TPSA) is 105 Å². The number of hydrogen-bond acceptors (Lipinski definition) is 5. The number of nitrogens with one attached hydrogen (secondary N) is 1. The van der Waals surface area contributed by atoms with Crippen molar-refractivity contribution in [3.63, 3.8) is 0 Å². The molecule has 0 aliphatic carbocycles. The molecule has 0 unspecified atom stereocenters. The quantitative estimate of drug-likeness (QED) is 0.818. The summed E-state index contributed by atoms with van der Waals surface area (Å²) in [4.78, 5) is 41.6. The van der Waals surface area contributed by atoms with E-state index in [9.17, 15) is 19.5 Å². The summed E-state index contributed by atoms with van der Waals surface area (Å²) in [5.74, 6) is -1.72. The summed E-state index contributed by atoms with van der Waals surface area (Å²) in [7, 11) is 1.45. The van der Waals surface area contributed by atoms with Gasteiger partial charge in [-0.25, -0.2) is 4.98 Å². The van der Waals surface area contributed by atoms with Crippen LogP contribution in [0.15, 0.2) is 23.0 Å². The lowest BCUT2D eigenvalue weighted by atomic mass is 10.2. The van der Waals surface area contributed by atoms with Crippen LogP contribution in [0.25, 0.3) is 0 Å². The molecule has 2 N–H and O–H groups in total. The summed E-state index contributed by atoms with van der Waals surface area (Å²) in [5, 5.41) is 13.3. The Morgan fingerprint density at radius 2 is 2.04 bits per heavy atom. The molecule has 2 amide bonds. The first-order valence-corrected chi connectivity index (χ1v) is 8.37. The number of fused-ring (bicyclic) bond motifs is 1. The van der Waals surface area contributed by atoms with Gasteiger partial charge in [-0.15, -0.1) is 0 Å². The third-order valence-corrected chi connectivity index (χ3v) is 4.74. The van der Waals surface area contributed by atoms with Gasteiger partial charge in [0.05, 0.1) is 10.0 Å². The highest BCUT2D eigenvalue weighted by molar-refractivity contribution is 6.42. The van der Waals surface area contributed by atoms with Gasteiger partial charge in [0.2, 0.25) is 17.6 Å². The number of aromatic nitrogens is 2. The van der Waals surface area contributed by atoms with Gasteiger partial charge in [0.1, 0.15) is 0 Å². The van der Waals surface area contributed by atoms with Gasteiger partial charge >= 0.3 is 0 Å². The Hall–Kier alpha value is -2.58. The van der Waals surface area contributed by atoms with Crippen molar-refractivity contribution in [1.29, 1.82) is 0 Å². The number of hydrogen-bond donors (Lipinski definition) is 2. The van der Waals surface area contributed by atoms with Crippen LogP contribution < -0.4 is 15.8 Å². The molecule has 1 aromatic heterocycles. The van der Waals surface area contributed by atoms with Crippen LogP contribution >= 0.6 is 23.2 Å². The highest BCUT2D eigenvalue weighted by Gasteiger charge is 2.28. The Morgan fingerprint density at radius 3 is 2.73 bits per heavy atom. The molecule has 0 radical (unpaired) electrons. The van der Waals surface area contributed by atoms with E-state index in [1.807, 2.05) is 0 Å². The Morgan fingerprint density at radius 1 is 1.31 bits per heavy atom. The number of anilines is 1. The molecule has 1 aromatic carbocycles. The average molecular weight is 397 g/mol. The lowest BCUT2D eigenvalue weighted by Crippen LogP contribution is -2.41. The van der Waals surface area contributed by atoms with Crippen LogP contribution in [0.3, 0.4) is 0 Å². The van der Waals surface area contributed by atoms with E-state index in [0.29, 0.717) is 15.6 Å². The number of aromatic hydroxyl groups is 1. The fourth-order valence-electron chi connectivity index (χ4n) is 2.55. The molecule has 2 aromatic rings. The smallest absolute Gasteiger partial charge is 0.297 e. The first-order valence-electron chi connectivity index (χ1n) is 7.62. The van der Waals surface area contributed by atoms with E-state index in [1.165, 1.54) is 11.9 Å². The summed E-state index contributed by atoms with van der Waals surface area (Å²) >= 11 is 11.8.